The van der Waals surface area contributed by atoms with Gasteiger partial charge in [-0.15, -0.1) is 11.8 Å². The Hall–Kier alpha value is -0.890. The van der Waals surface area contributed by atoms with Gasteiger partial charge >= 0.3 is 0 Å². The highest BCUT2D eigenvalue weighted by Gasteiger charge is 1.90. The monoisotopic (exact) mass is 180 g/mol. The zero-order valence-corrected chi connectivity index (χ0v) is 7.84. The van der Waals surface area contributed by atoms with Crippen LogP contribution in [0.2, 0.25) is 0 Å². The third kappa shape index (κ3) is 3.01. The average molecular weight is 180 g/mol. The molecule has 0 aliphatic carbocycles. The summed E-state index contributed by atoms with van der Waals surface area (Å²) in [6, 6.07) is 7.25. The van der Waals surface area contributed by atoms with Crippen molar-refractivity contribution in [2.24, 2.45) is 0 Å². The predicted molar refractivity (Wildman–Crippen MR) is 53.6 cm³/mol. The van der Waals surface area contributed by atoms with Gasteiger partial charge in [0.1, 0.15) is 5.75 Å². The van der Waals surface area contributed by atoms with Crippen LogP contribution in [-0.2, 0) is 0 Å². The number of benzene rings is 1. The van der Waals surface area contributed by atoms with Crippen LogP contribution in [-0.4, -0.2) is 10.9 Å². The van der Waals surface area contributed by atoms with E-state index in [1.54, 1.807) is 23.9 Å². The van der Waals surface area contributed by atoms with Gasteiger partial charge in [-0.3, -0.25) is 0 Å². The van der Waals surface area contributed by atoms with E-state index in [9.17, 15) is 0 Å². The Kier molecular flexibility index (Phi) is 3.74. The van der Waals surface area contributed by atoms with Gasteiger partial charge in [-0.2, -0.15) is 0 Å². The molecule has 0 aliphatic heterocycles. The van der Waals surface area contributed by atoms with Crippen molar-refractivity contribution in [3.63, 3.8) is 0 Å². The summed E-state index contributed by atoms with van der Waals surface area (Å²) in [7, 11) is 0. The molecule has 0 heterocycles. The van der Waals surface area contributed by atoms with Crippen molar-refractivity contribution in [3.8, 4) is 5.75 Å². The molecule has 0 amide bonds. The Bertz CT molecular complexity index is 251. The van der Waals surface area contributed by atoms with Crippen LogP contribution in [0.3, 0.4) is 0 Å². The van der Waals surface area contributed by atoms with Gasteiger partial charge in [0.05, 0.1) is 0 Å². The van der Waals surface area contributed by atoms with Gasteiger partial charge < -0.3 is 5.11 Å². The number of phenols is 1. The first-order valence-corrected chi connectivity index (χ1v) is 4.84. The average Bonchev–Trinajstić information content (AvgIpc) is 2.09. The van der Waals surface area contributed by atoms with E-state index in [0.29, 0.717) is 5.75 Å². The maximum absolute atomic E-state index is 9.01. The van der Waals surface area contributed by atoms with E-state index in [1.807, 2.05) is 25.1 Å². The molecule has 2 heteroatoms. The van der Waals surface area contributed by atoms with E-state index >= 15 is 0 Å². The van der Waals surface area contributed by atoms with Crippen molar-refractivity contribution < 1.29 is 5.11 Å². The van der Waals surface area contributed by atoms with Crippen molar-refractivity contribution >= 4 is 11.8 Å². The van der Waals surface area contributed by atoms with Crippen LogP contribution < -0.4 is 0 Å². The minimum Gasteiger partial charge on any atom is -0.508 e. The highest BCUT2D eigenvalue weighted by atomic mass is 32.2. The topological polar surface area (TPSA) is 20.2 Å². The van der Waals surface area contributed by atoms with Crippen LogP contribution in [0.5, 0.6) is 5.75 Å². The van der Waals surface area contributed by atoms with Crippen LogP contribution in [0.15, 0.2) is 41.3 Å². The van der Waals surface area contributed by atoms with Gasteiger partial charge in [-0.05, 0) is 31.2 Å². The Morgan fingerprint density at radius 3 is 2.58 bits per heavy atom. The number of hydrogen-bond donors (Lipinski definition) is 1. The molecule has 0 aromatic heterocycles. The number of hydrogen-bond acceptors (Lipinski definition) is 2. The molecule has 1 rings (SSSR count). The largest absolute Gasteiger partial charge is 0.508 e. The first kappa shape index (κ1) is 9.20. The molecule has 0 saturated heterocycles. The molecule has 0 fully saturated rings. The van der Waals surface area contributed by atoms with Gasteiger partial charge in [0.25, 0.3) is 0 Å². The second-order valence-electron chi connectivity index (χ2n) is 2.37. The van der Waals surface area contributed by atoms with Crippen LogP contribution >= 0.6 is 11.8 Å². The van der Waals surface area contributed by atoms with E-state index in [0.717, 1.165) is 5.75 Å². The third-order valence-electron chi connectivity index (χ3n) is 1.42. The zero-order valence-electron chi connectivity index (χ0n) is 7.03. The lowest BCUT2D eigenvalue weighted by molar-refractivity contribution is 0.475. The highest BCUT2D eigenvalue weighted by molar-refractivity contribution is 7.99. The highest BCUT2D eigenvalue weighted by Crippen LogP contribution is 2.20. The lowest BCUT2D eigenvalue weighted by Gasteiger charge is -1.97. The van der Waals surface area contributed by atoms with Crippen LogP contribution in [0.1, 0.15) is 6.92 Å². The van der Waals surface area contributed by atoms with Crippen LogP contribution in [0, 0.1) is 0 Å². The van der Waals surface area contributed by atoms with E-state index in [-0.39, 0.29) is 0 Å². The molecule has 1 aromatic rings. The van der Waals surface area contributed by atoms with Crippen molar-refractivity contribution in [3.05, 3.63) is 36.4 Å². The molecule has 0 radical (unpaired) electrons. The molecule has 64 valence electrons. The van der Waals surface area contributed by atoms with Gasteiger partial charge in [0.2, 0.25) is 0 Å². The first-order chi connectivity index (χ1) is 5.83. The Balaban J connectivity index is 2.47. The molecule has 0 aliphatic rings. The van der Waals surface area contributed by atoms with Gasteiger partial charge in [0.15, 0.2) is 0 Å². The van der Waals surface area contributed by atoms with Crippen molar-refractivity contribution in [1.82, 2.24) is 0 Å². The maximum atomic E-state index is 9.01. The number of rotatable bonds is 3. The molecule has 0 saturated carbocycles. The molecule has 0 unspecified atom stereocenters. The fraction of sp³-hybridized carbons (Fsp3) is 0.200. The summed E-state index contributed by atoms with van der Waals surface area (Å²) < 4.78 is 0. The molecule has 1 N–H and O–H groups in total. The Morgan fingerprint density at radius 1 is 1.33 bits per heavy atom. The normalized spacial score (nSPS) is 10.8. The fourth-order valence-electron chi connectivity index (χ4n) is 0.783. The number of aromatic hydroxyl groups is 1. The van der Waals surface area contributed by atoms with Crippen LogP contribution in [0.25, 0.3) is 0 Å². The molecule has 1 aromatic carbocycles. The molecular formula is C10H12OS. The molecule has 0 bridgehead atoms. The quantitative estimate of drug-likeness (QED) is 0.570. The summed E-state index contributed by atoms with van der Waals surface area (Å²) in [6.07, 6.45) is 4.14. The molecular weight excluding hydrogens is 168 g/mol. The molecule has 1 nitrogen and oxygen atoms in total. The summed E-state index contributed by atoms with van der Waals surface area (Å²) >= 11 is 1.76. The van der Waals surface area contributed by atoms with E-state index < -0.39 is 0 Å². The second kappa shape index (κ2) is 4.88. The number of thioether (sulfide) groups is 1. The van der Waals surface area contributed by atoms with Crippen LogP contribution in [0.4, 0.5) is 0 Å². The maximum Gasteiger partial charge on any atom is 0.115 e. The standard InChI is InChI=1S/C10H12OS/c1-2-3-8-12-10-6-4-9(11)5-7-10/h2-7,11H,8H2,1H3/b3-2+. The summed E-state index contributed by atoms with van der Waals surface area (Å²) in [6.45, 7) is 2.01. The number of phenolic OH excluding ortho intramolecular Hbond substituents is 1. The van der Waals surface area contributed by atoms with Gasteiger partial charge in [-0.1, -0.05) is 12.2 Å². The van der Waals surface area contributed by atoms with E-state index in [4.69, 9.17) is 5.11 Å². The SMILES string of the molecule is C/C=C/CSc1ccc(O)cc1. The fourth-order valence-corrected chi connectivity index (χ4v) is 1.59. The predicted octanol–water partition coefficient (Wildman–Crippen LogP) is 3.06. The lowest BCUT2D eigenvalue weighted by Crippen LogP contribution is -1.72. The lowest BCUT2D eigenvalue weighted by atomic mass is 10.3. The zero-order chi connectivity index (χ0) is 8.81. The smallest absolute Gasteiger partial charge is 0.115 e. The summed E-state index contributed by atoms with van der Waals surface area (Å²) in [5.41, 5.74) is 0. The minimum absolute atomic E-state index is 0.324. The Labute approximate surface area is 77.1 Å². The van der Waals surface area contributed by atoms with Gasteiger partial charge in [0, 0.05) is 10.6 Å². The first-order valence-electron chi connectivity index (χ1n) is 3.86. The minimum atomic E-state index is 0.324. The second-order valence-corrected chi connectivity index (χ2v) is 3.47. The van der Waals surface area contributed by atoms with E-state index in [2.05, 4.69) is 6.08 Å². The summed E-state index contributed by atoms with van der Waals surface area (Å²) in [5, 5.41) is 9.01. The summed E-state index contributed by atoms with van der Waals surface area (Å²) in [5.74, 6) is 1.31. The van der Waals surface area contributed by atoms with E-state index in [1.165, 1.54) is 4.90 Å². The summed E-state index contributed by atoms with van der Waals surface area (Å²) in [4.78, 5) is 1.19. The Morgan fingerprint density at radius 2 is 2.00 bits per heavy atom. The van der Waals surface area contributed by atoms with Crippen molar-refractivity contribution in [2.45, 2.75) is 11.8 Å². The van der Waals surface area contributed by atoms with Gasteiger partial charge in [-0.25, -0.2) is 0 Å². The third-order valence-corrected chi connectivity index (χ3v) is 2.38. The van der Waals surface area contributed by atoms with Crippen molar-refractivity contribution in [2.75, 3.05) is 5.75 Å². The van der Waals surface area contributed by atoms with Crippen molar-refractivity contribution in [1.29, 1.82) is 0 Å². The molecule has 0 spiro atoms. The number of allylic oxidation sites excluding steroid dienone is 1. The molecule has 12 heavy (non-hydrogen) atoms. The molecule has 0 atom stereocenters.